The van der Waals surface area contributed by atoms with Crippen molar-refractivity contribution in [1.29, 1.82) is 0 Å². The van der Waals surface area contributed by atoms with Gasteiger partial charge in [0.05, 0.1) is 0 Å². The number of nitrogens with zero attached hydrogens (tertiary/aromatic N) is 2. The average Bonchev–Trinajstić information content (AvgIpc) is 2.35. The Morgan fingerprint density at radius 3 is 2.33 bits per heavy atom. The minimum Gasteiger partial charge on any atom is -0.320 e. The lowest BCUT2D eigenvalue weighted by atomic mass is 9.95. The Morgan fingerprint density at radius 2 is 1.89 bits per heavy atom. The molecule has 5 nitrogen and oxygen atoms in total. The largest absolute Gasteiger partial charge is 0.320 e. The third kappa shape index (κ3) is 3.91. The zero-order valence-electron chi connectivity index (χ0n) is 12.0. The van der Waals surface area contributed by atoms with Crippen LogP contribution < -0.4 is 5.32 Å². The molecule has 0 saturated carbocycles. The van der Waals surface area contributed by atoms with Crippen LogP contribution in [0.2, 0.25) is 0 Å². The van der Waals surface area contributed by atoms with Crippen LogP contribution in [0.15, 0.2) is 0 Å². The molecule has 1 rings (SSSR count). The first kappa shape index (κ1) is 15.9. The van der Waals surface area contributed by atoms with Crippen LogP contribution in [0.1, 0.15) is 33.1 Å². The van der Waals surface area contributed by atoms with E-state index in [1.165, 1.54) is 4.31 Å². The summed E-state index contributed by atoms with van der Waals surface area (Å²) in [5, 5.41) is 3.15. The van der Waals surface area contributed by atoms with Crippen molar-refractivity contribution in [3.63, 3.8) is 0 Å². The molecule has 0 unspecified atom stereocenters. The fourth-order valence-electron chi connectivity index (χ4n) is 2.23. The van der Waals surface area contributed by atoms with Crippen molar-refractivity contribution in [1.82, 2.24) is 13.9 Å². The molecule has 1 aliphatic heterocycles. The molecule has 0 atom stereocenters. The average molecular weight is 277 g/mol. The predicted octanol–water partition coefficient (Wildman–Crippen LogP) is 0.893. The minimum absolute atomic E-state index is 0.0111. The van der Waals surface area contributed by atoms with E-state index in [-0.39, 0.29) is 6.04 Å². The summed E-state index contributed by atoms with van der Waals surface area (Å²) in [5.74, 6) is 0.660. The molecule has 1 aliphatic rings. The van der Waals surface area contributed by atoms with Crippen molar-refractivity contribution in [3.05, 3.63) is 0 Å². The summed E-state index contributed by atoms with van der Waals surface area (Å²) in [5.41, 5.74) is 0. The molecule has 18 heavy (non-hydrogen) atoms. The summed E-state index contributed by atoms with van der Waals surface area (Å²) in [6.45, 7) is 6.14. The molecular formula is C12H27N3O2S. The molecule has 1 N–H and O–H groups in total. The third-order valence-corrected chi connectivity index (χ3v) is 5.96. The normalized spacial score (nSPS) is 19.9. The highest BCUT2D eigenvalue weighted by atomic mass is 32.2. The lowest BCUT2D eigenvalue weighted by molar-refractivity contribution is 0.245. The first-order chi connectivity index (χ1) is 8.39. The SMILES string of the molecule is CNCCC1CCN(S(=O)(=O)N(C)C(C)C)CC1. The van der Waals surface area contributed by atoms with E-state index in [1.807, 2.05) is 20.9 Å². The van der Waals surface area contributed by atoms with Crippen LogP contribution in [0.3, 0.4) is 0 Å². The number of hydrogen-bond acceptors (Lipinski definition) is 3. The molecule has 0 amide bonds. The predicted molar refractivity (Wildman–Crippen MR) is 74.7 cm³/mol. The van der Waals surface area contributed by atoms with Gasteiger partial charge in [0.1, 0.15) is 0 Å². The molecule has 0 bridgehead atoms. The summed E-state index contributed by atoms with van der Waals surface area (Å²) in [7, 11) is 0.361. The van der Waals surface area contributed by atoms with Crippen LogP contribution in [-0.4, -0.2) is 56.8 Å². The van der Waals surface area contributed by atoms with E-state index in [9.17, 15) is 8.42 Å². The Kier molecular flexibility index (Phi) is 6.04. The van der Waals surface area contributed by atoms with Crippen LogP contribution >= 0.6 is 0 Å². The fraction of sp³-hybridized carbons (Fsp3) is 1.00. The van der Waals surface area contributed by atoms with Crippen molar-refractivity contribution < 1.29 is 8.42 Å². The van der Waals surface area contributed by atoms with Crippen molar-refractivity contribution >= 4 is 10.2 Å². The standard InChI is InChI=1S/C12H27N3O2S/c1-11(2)14(4)18(16,17)15-9-6-12(7-10-15)5-8-13-3/h11-13H,5-10H2,1-4H3. The van der Waals surface area contributed by atoms with E-state index in [2.05, 4.69) is 5.32 Å². The maximum Gasteiger partial charge on any atom is 0.281 e. The molecule has 1 fully saturated rings. The summed E-state index contributed by atoms with van der Waals surface area (Å²) < 4.78 is 27.7. The van der Waals surface area contributed by atoms with Gasteiger partial charge in [0.15, 0.2) is 0 Å². The molecular weight excluding hydrogens is 250 g/mol. The molecule has 1 heterocycles. The van der Waals surface area contributed by atoms with E-state index in [4.69, 9.17) is 0 Å². The zero-order valence-corrected chi connectivity index (χ0v) is 12.8. The van der Waals surface area contributed by atoms with Gasteiger partial charge in [-0.1, -0.05) is 0 Å². The van der Waals surface area contributed by atoms with E-state index < -0.39 is 10.2 Å². The smallest absolute Gasteiger partial charge is 0.281 e. The van der Waals surface area contributed by atoms with E-state index in [0.717, 1.165) is 25.8 Å². The lowest BCUT2D eigenvalue weighted by Gasteiger charge is -2.34. The molecule has 1 saturated heterocycles. The second-order valence-electron chi connectivity index (χ2n) is 5.35. The molecule has 0 aliphatic carbocycles. The van der Waals surface area contributed by atoms with Gasteiger partial charge in [0, 0.05) is 26.2 Å². The van der Waals surface area contributed by atoms with Crippen LogP contribution in [0.4, 0.5) is 0 Å². The van der Waals surface area contributed by atoms with Crippen LogP contribution in [0.5, 0.6) is 0 Å². The number of hydrogen-bond donors (Lipinski definition) is 1. The highest BCUT2D eigenvalue weighted by Crippen LogP contribution is 2.23. The van der Waals surface area contributed by atoms with E-state index in [1.54, 1.807) is 11.4 Å². The topological polar surface area (TPSA) is 52.7 Å². The summed E-state index contributed by atoms with van der Waals surface area (Å²) in [6.07, 6.45) is 3.10. The molecule has 6 heteroatoms. The van der Waals surface area contributed by atoms with E-state index in [0.29, 0.717) is 19.0 Å². The second kappa shape index (κ2) is 6.84. The minimum atomic E-state index is -3.25. The quantitative estimate of drug-likeness (QED) is 0.784. The summed E-state index contributed by atoms with van der Waals surface area (Å²) in [4.78, 5) is 0. The zero-order chi connectivity index (χ0) is 13.8. The maximum atomic E-state index is 12.3. The van der Waals surface area contributed by atoms with Crippen molar-refractivity contribution in [2.45, 2.75) is 39.2 Å². The van der Waals surface area contributed by atoms with E-state index >= 15 is 0 Å². The number of rotatable bonds is 6. The Balaban J connectivity index is 2.52. The molecule has 0 radical (unpaired) electrons. The molecule has 0 aromatic carbocycles. The van der Waals surface area contributed by atoms with Crippen LogP contribution in [-0.2, 0) is 10.2 Å². The Hall–Kier alpha value is -0.170. The lowest BCUT2D eigenvalue weighted by Crippen LogP contribution is -2.47. The number of piperidine rings is 1. The molecule has 108 valence electrons. The van der Waals surface area contributed by atoms with Crippen LogP contribution in [0.25, 0.3) is 0 Å². The number of nitrogens with one attached hydrogen (secondary N) is 1. The van der Waals surface area contributed by atoms with Gasteiger partial charge in [-0.25, -0.2) is 0 Å². The first-order valence-corrected chi connectivity index (χ1v) is 8.17. The van der Waals surface area contributed by atoms with Gasteiger partial charge >= 0.3 is 0 Å². The molecule has 0 spiro atoms. The maximum absolute atomic E-state index is 12.3. The van der Waals surface area contributed by atoms with Crippen molar-refractivity contribution in [3.8, 4) is 0 Å². The second-order valence-corrected chi connectivity index (χ2v) is 7.34. The summed E-state index contributed by atoms with van der Waals surface area (Å²) >= 11 is 0. The van der Waals surface area contributed by atoms with Crippen LogP contribution in [0, 0.1) is 5.92 Å². The fourth-order valence-corrected chi connectivity index (χ4v) is 3.80. The van der Waals surface area contributed by atoms with Crippen molar-refractivity contribution in [2.24, 2.45) is 5.92 Å². The third-order valence-electron chi connectivity index (χ3n) is 3.79. The van der Waals surface area contributed by atoms with Gasteiger partial charge in [-0.2, -0.15) is 17.0 Å². The van der Waals surface area contributed by atoms with Gasteiger partial charge in [0.25, 0.3) is 10.2 Å². The van der Waals surface area contributed by atoms with Gasteiger partial charge < -0.3 is 5.32 Å². The van der Waals surface area contributed by atoms with Gasteiger partial charge in [0.2, 0.25) is 0 Å². The molecule has 0 aromatic heterocycles. The highest BCUT2D eigenvalue weighted by Gasteiger charge is 2.31. The Bertz CT molecular complexity index is 335. The monoisotopic (exact) mass is 277 g/mol. The Morgan fingerprint density at radius 1 is 1.33 bits per heavy atom. The van der Waals surface area contributed by atoms with Gasteiger partial charge in [-0.05, 0) is 52.6 Å². The Labute approximate surface area is 112 Å². The first-order valence-electron chi connectivity index (χ1n) is 6.77. The summed E-state index contributed by atoms with van der Waals surface area (Å²) in [6, 6.07) is 0.0111. The van der Waals surface area contributed by atoms with Crippen molar-refractivity contribution in [2.75, 3.05) is 33.7 Å². The molecule has 0 aromatic rings. The van der Waals surface area contributed by atoms with Gasteiger partial charge in [-0.15, -0.1) is 0 Å². The highest BCUT2D eigenvalue weighted by molar-refractivity contribution is 7.86. The van der Waals surface area contributed by atoms with Gasteiger partial charge in [-0.3, -0.25) is 0 Å².